The van der Waals surface area contributed by atoms with Crippen LogP contribution in [0, 0.1) is 0 Å². The van der Waals surface area contributed by atoms with E-state index in [-0.39, 0.29) is 12.0 Å². The Kier molecular flexibility index (Phi) is 4.62. The van der Waals surface area contributed by atoms with E-state index in [0.717, 1.165) is 10.0 Å². The third kappa shape index (κ3) is 4.03. The van der Waals surface area contributed by atoms with Crippen LogP contribution in [0.4, 0.5) is 4.79 Å². The molecule has 1 fully saturated rings. The van der Waals surface area contributed by atoms with Crippen molar-refractivity contribution in [3.05, 3.63) is 34.3 Å². The second-order valence-corrected chi connectivity index (χ2v) is 8.34. The van der Waals surface area contributed by atoms with Gasteiger partial charge in [0.05, 0.1) is 0 Å². The molecule has 1 spiro atoms. The van der Waals surface area contributed by atoms with Gasteiger partial charge in [0.25, 0.3) is 5.91 Å². The van der Waals surface area contributed by atoms with Crippen molar-refractivity contribution >= 4 is 33.6 Å². The number of carbonyl (C=O) groups is 2. The van der Waals surface area contributed by atoms with E-state index in [1.54, 1.807) is 4.90 Å². The number of piperidine rings is 1. The molecule has 6 nitrogen and oxygen atoms in total. The van der Waals surface area contributed by atoms with E-state index in [2.05, 4.69) is 21.2 Å². The maximum Gasteiger partial charge on any atom is 0.410 e. The van der Waals surface area contributed by atoms with E-state index in [9.17, 15) is 9.59 Å². The molecule has 0 bridgehead atoms. The van der Waals surface area contributed by atoms with Gasteiger partial charge in [0.2, 0.25) is 0 Å². The van der Waals surface area contributed by atoms with Crippen LogP contribution in [-0.4, -0.2) is 47.0 Å². The highest BCUT2D eigenvalue weighted by Crippen LogP contribution is 2.29. The molecule has 1 aromatic carbocycles. The first-order chi connectivity index (χ1) is 11.7. The standard InChI is InChI=1S/C18H22BrN3O3/c1-17(2,3)25-16(24)22-10-8-18(9-11-22)20-14(15(23)21-18)12-4-6-13(19)7-5-12/h4-7H,8-11H2,1-3H3,(H,21,23). The number of hydrogen-bond donors (Lipinski definition) is 1. The highest BCUT2D eigenvalue weighted by Gasteiger charge is 2.43. The Balaban J connectivity index is 1.70. The van der Waals surface area contributed by atoms with Crippen LogP contribution in [0.5, 0.6) is 0 Å². The second-order valence-electron chi connectivity index (χ2n) is 7.42. The molecule has 7 heteroatoms. The van der Waals surface area contributed by atoms with Gasteiger partial charge in [0.15, 0.2) is 0 Å². The predicted octanol–water partition coefficient (Wildman–Crippen LogP) is 3.10. The number of carbonyl (C=O) groups excluding carboxylic acids is 2. The van der Waals surface area contributed by atoms with Crippen LogP contribution >= 0.6 is 15.9 Å². The fourth-order valence-corrected chi connectivity index (χ4v) is 3.25. The average Bonchev–Trinajstić information content (AvgIpc) is 2.83. The topological polar surface area (TPSA) is 71.0 Å². The van der Waals surface area contributed by atoms with Crippen molar-refractivity contribution in [2.24, 2.45) is 4.99 Å². The van der Waals surface area contributed by atoms with Crippen LogP contribution < -0.4 is 5.32 Å². The van der Waals surface area contributed by atoms with E-state index in [1.807, 2.05) is 45.0 Å². The lowest BCUT2D eigenvalue weighted by molar-refractivity contribution is -0.115. The van der Waals surface area contributed by atoms with E-state index in [4.69, 9.17) is 9.73 Å². The van der Waals surface area contributed by atoms with Crippen molar-refractivity contribution < 1.29 is 14.3 Å². The number of nitrogens with one attached hydrogen (secondary N) is 1. The number of hydrogen-bond acceptors (Lipinski definition) is 4. The van der Waals surface area contributed by atoms with Gasteiger partial charge in [-0.05, 0) is 32.9 Å². The van der Waals surface area contributed by atoms with Crippen molar-refractivity contribution in [1.29, 1.82) is 0 Å². The van der Waals surface area contributed by atoms with Gasteiger partial charge in [-0.2, -0.15) is 0 Å². The number of nitrogens with zero attached hydrogens (tertiary/aromatic N) is 2. The molecule has 1 saturated heterocycles. The van der Waals surface area contributed by atoms with Crippen LogP contribution in [0.3, 0.4) is 0 Å². The summed E-state index contributed by atoms with van der Waals surface area (Å²) in [6, 6.07) is 7.52. The molecule has 2 aliphatic rings. The summed E-state index contributed by atoms with van der Waals surface area (Å²) in [5.41, 5.74) is 0.129. The van der Waals surface area contributed by atoms with Gasteiger partial charge in [-0.15, -0.1) is 0 Å². The van der Waals surface area contributed by atoms with Gasteiger partial charge < -0.3 is 15.0 Å². The van der Waals surface area contributed by atoms with E-state index < -0.39 is 11.3 Å². The maximum atomic E-state index is 12.4. The fourth-order valence-electron chi connectivity index (χ4n) is 2.99. The first kappa shape index (κ1) is 17.9. The highest BCUT2D eigenvalue weighted by molar-refractivity contribution is 9.10. The Hall–Kier alpha value is -1.89. The molecule has 0 radical (unpaired) electrons. The van der Waals surface area contributed by atoms with Crippen molar-refractivity contribution in [3.8, 4) is 0 Å². The van der Waals surface area contributed by atoms with Crippen molar-refractivity contribution in [2.75, 3.05) is 13.1 Å². The Morgan fingerprint density at radius 3 is 2.40 bits per heavy atom. The number of aliphatic imine (C=N–C) groups is 1. The SMILES string of the molecule is CC(C)(C)OC(=O)N1CCC2(CC1)N=C(c1ccc(Br)cc1)C(=O)N2. The summed E-state index contributed by atoms with van der Waals surface area (Å²) in [6.07, 6.45) is 0.847. The lowest BCUT2D eigenvalue weighted by Gasteiger charge is -2.37. The first-order valence-electron chi connectivity index (χ1n) is 8.34. The van der Waals surface area contributed by atoms with Crippen LogP contribution in [-0.2, 0) is 9.53 Å². The molecular weight excluding hydrogens is 386 g/mol. The maximum absolute atomic E-state index is 12.4. The Morgan fingerprint density at radius 2 is 1.84 bits per heavy atom. The molecular formula is C18H22BrN3O3. The molecule has 0 saturated carbocycles. The Labute approximate surface area is 155 Å². The van der Waals surface area contributed by atoms with Crippen molar-refractivity contribution in [1.82, 2.24) is 10.2 Å². The van der Waals surface area contributed by atoms with E-state index in [0.29, 0.717) is 31.6 Å². The summed E-state index contributed by atoms with van der Waals surface area (Å²) < 4.78 is 6.36. The molecule has 0 aromatic heterocycles. The first-order valence-corrected chi connectivity index (χ1v) is 9.13. The predicted molar refractivity (Wildman–Crippen MR) is 98.6 cm³/mol. The van der Waals surface area contributed by atoms with Gasteiger partial charge in [-0.25, -0.2) is 4.79 Å². The van der Waals surface area contributed by atoms with Crippen molar-refractivity contribution in [2.45, 2.75) is 44.9 Å². The summed E-state index contributed by atoms with van der Waals surface area (Å²) in [5, 5.41) is 3.01. The van der Waals surface area contributed by atoms with Crippen LogP contribution in [0.1, 0.15) is 39.2 Å². The molecule has 1 aromatic rings. The Bertz CT molecular complexity index is 714. The minimum absolute atomic E-state index is 0.159. The smallest absolute Gasteiger partial charge is 0.410 e. The summed E-state index contributed by atoms with van der Waals surface area (Å²) in [4.78, 5) is 30.9. The molecule has 1 N–H and O–H groups in total. The van der Waals surface area contributed by atoms with Gasteiger partial charge in [0, 0.05) is 36.0 Å². The van der Waals surface area contributed by atoms with E-state index in [1.165, 1.54) is 0 Å². The van der Waals surface area contributed by atoms with Crippen LogP contribution in [0.2, 0.25) is 0 Å². The van der Waals surface area contributed by atoms with Crippen LogP contribution in [0.15, 0.2) is 33.7 Å². The number of likely N-dealkylation sites (tertiary alicyclic amines) is 1. The van der Waals surface area contributed by atoms with Crippen LogP contribution in [0.25, 0.3) is 0 Å². The minimum Gasteiger partial charge on any atom is -0.444 e. The normalized spacial score (nSPS) is 19.6. The molecule has 25 heavy (non-hydrogen) atoms. The molecule has 0 atom stereocenters. The summed E-state index contributed by atoms with van der Waals surface area (Å²) in [7, 11) is 0. The summed E-state index contributed by atoms with van der Waals surface area (Å²) in [5.74, 6) is -0.159. The molecule has 134 valence electrons. The molecule has 3 rings (SSSR count). The monoisotopic (exact) mass is 407 g/mol. The minimum atomic E-state index is -0.613. The van der Waals surface area contributed by atoms with Crippen molar-refractivity contribution in [3.63, 3.8) is 0 Å². The van der Waals surface area contributed by atoms with Gasteiger partial charge >= 0.3 is 6.09 Å². The zero-order valence-electron chi connectivity index (χ0n) is 14.6. The lowest BCUT2D eigenvalue weighted by atomic mass is 9.98. The number of benzene rings is 1. The van der Waals surface area contributed by atoms with Gasteiger partial charge in [-0.1, -0.05) is 28.1 Å². The molecule has 0 aliphatic carbocycles. The summed E-state index contributed by atoms with van der Waals surface area (Å²) >= 11 is 3.39. The Morgan fingerprint density at radius 1 is 1.24 bits per heavy atom. The molecule has 0 unspecified atom stereocenters. The lowest BCUT2D eigenvalue weighted by Crippen LogP contribution is -2.53. The third-order valence-electron chi connectivity index (χ3n) is 4.25. The summed E-state index contributed by atoms with van der Waals surface area (Å²) in [6.45, 7) is 6.56. The molecule has 2 heterocycles. The second kappa shape index (κ2) is 6.44. The fraction of sp³-hybridized carbons (Fsp3) is 0.500. The quantitative estimate of drug-likeness (QED) is 0.777. The highest BCUT2D eigenvalue weighted by atomic mass is 79.9. The number of halogens is 1. The van der Waals surface area contributed by atoms with E-state index >= 15 is 0 Å². The largest absolute Gasteiger partial charge is 0.444 e. The average molecular weight is 408 g/mol. The third-order valence-corrected chi connectivity index (χ3v) is 4.78. The zero-order chi connectivity index (χ0) is 18.2. The molecule has 2 aliphatic heterocycles. The van der Waals surface area contributed by atoms with Gasteiger partial charge in [0.1, 0.15) is 17.0 Å². The van der Waals surface area contributed by atoms with Gasteiger partial charge in [-0.3, -0.25) is 9.79 Å². The number of amides is 2. The number of rotatable bonds is 1. The molecule has 2 amide bonds. The number of ether oxygens (including phenoxy) is 1. The zero-order valence-corrected chi connectivity index (χ0v) is 16.2.